The summed E-state index contributed by atoms with van der Waals surface area (Å²) >= 11 is 0. The fourth-order valence-corrected chi connectivity index (χ4v) is 2.91. The Morgan fingerprint density at radius 2 is 1.96 bits per heavy atom. The maximum Gasteiger partial charge on any atom is 0.245 e. The van der Waals surface area contributed by atoms with E-state index in [1.165, 1.54) is 0 Å². The maximum absolute atomic E-state index is 10.8. The zero-order valence-corrected chi connectivity index (χ0v) is 14.7. The number of anilines is 1. The van der Waals surface area contributed by atoms with Crippen molar-refractivity contribution in [2.45, 2.75) is 25.5 Å². The zero-order valence-electron chi connectivity index (χ0n) is 14.7. The topological polar surface area (TPSA) is 84.9 Å². The van der Waals surface area contributed by atoms with Gasteiger partial charge in [-0.05, 0) is 29.0 Å². The molecule has 0 saturated heterocycles. The molecule has 1 aromatic carbocycles. The maximum atomic E-state index is 10.8. The molecular weight excluding hydrogens is 318 g/mol. The van der Waals surface area contributed by atoms with Crippen LogP contribution in [0.5, 0.6) is 0 Å². The van der Waals surface area contributed by atoms with E-state index in [4.69, 9.17) is 0 Å². The molecule has 0 aliphatic carbocycles. The second kappa shape index (κ2) is 7.02. The molecule has 1 N–H and O–H groups in total. The van der Waals surface area contributed by atoms with Crippen LogP contribution in [0.1, 0.15) is 18.2 Å². The lowest BCUT2D eigenvalue weighted by Crippen LogP contribution is -2.38. The highest BCUT2D eigenvalue weighted by molar-refractivity contribution is 5.31. The van der Waals surface area contributed by atoms with E-state index in [-0.39, 0.29) is 0 Å². The van der Waals surface area contributed by atoms with Gasteiger partial charge in [0.2, 0.25) is 5.95 Å². The third-order valence-electron chi connectivity index (χ3n) is 4.30. The molecule has 0 aliphatic rings. The quantitative estimate of drug-likeness (QED) is 0.690. The number of hydrogen-bond acceptors (Lipinski definition) is 6. The van der Waals surface area contributed by atoms with Crippen LogP contribution in [0.4, 0.5) is 5.95 Å². The number of aryl methyl sites for hydroxylation is 3. The van der Waals surface area contributed by atoms with Crippen LogP contribution < -0.4 is 4.90 Å². The van der Waals surface area contributed by atoms with Crippen molar-refractivity contribution in [3.05, 3.63) is 53.9 Å². The Hall–Kier alpha value is -2.74. The van der Waals surface area contributed by atoms with Crippen LogP contribution in [-0.4, -0.2) is 48.7 Å². The molecule has 8 heteroatoms. The summed E-state index contributed by atoms with van der Waals surface area (Å²) in [7, 11) is 3.79. The fourth-order valence-electron chi connectivity index (χ4n) is 2.91. The molecule has 0 bridgehead atoms. The molecule has 25 heavy (non-hydrogen) atoms. The number of tetrazole rings is 1. The zero-order chi connectivity index (χ0) is 17.9. The van der Waals surface area contributed by atoms with Gasteiger partial charge in [0.1, 0.15) is 5.60 Å². The Bertz CT molecular complexity index is 809. The van der Waals surface area contributed by atoms with Crippen molar-refractivity contribution < 1.29 is 5.11 Å². The van der Waals surface area contributed by atoms with E-state index in [9.17, 15) is 5.11 Å². The van der Waals surface area contributed by atoms with Crippen LogP contribution in [0.25, 0.3) is 0 Å². The number of rotatable bonds is 7. The van der Waals surface area contributed by atoms with Crippen LogP contribution in [0.2, 0.25) is 0 Å². The molecule has 0 spiro atoms. The van der Waals surface area contributed by atoms with E-state index in [0.717, 1.165) is 17.7 Å². The van der Waals surface area contributed by atoms with E-state index in [1.54, 1.807) is 17.8 Å². The van der Waals surface area contributed by atoms with Gasteiger partial charge in [-0.3, -0.25) is 4.68 Å². The predicted molar refractivity (Wildman–Crippen MR) is 94.0 cm³/mol. The Kier molecular flexibility index (Phi) is 4.80. The van der Waals surface area contributed by atoms with Crippen molar-refractivity contribution in [3.63, 3.8) is 0 Å². The van der Waals surface area contributed by atoms with E-state index in [1.807, 2.05) is 60.1 Å². The lowest BCUT2D eigenvalue weighted by molar-refractivity contribution is 0.0651. The summed E-state index contributed by atoms with van der Waals surface area (Å²) in [5.41, 5.74) is 0.964. The van der Waals surface area contributed by atoms with Gasteiger partial charge in [-0.2, -0.15) is 5.10 Å². The van der Waals surface area contributed by atoms with E-state index in [0.29, 0.717) is 19.0 Å². The molecule has 0 amide bonds. The number of nitrogens with zero attached hydrogens (tertiary/aromatic N) is 7. The summed E-state index contributed by atoms with van der Waals surface area (Å²) in [6.07, 6.45) is 2.55. The van der Waals surface area contributed by atoms with Crippen molar-refractivity contribution in [2.24, 2.45) is 7.05 Å². The summed E-state index contributed by atoms with van der Waals surface area (Å²) in [4.78, 5) is 1.87. The van der Waals surface area contributed by atoms with Crippen LogP contribution >= 0.6 is 0 Å². The number of likely N-dealkylation sites (N-methyl/N-ethyl adjacent to an activating group) is 1. The molecule has 3 rings (SSSR count). The summed E-state index contributed by atoms with van der Waals surface area (Å²) in [6.45, 7) is 2.81. The molecular formula is C17H23N7O. The van der Waals surface area contributed by atoms with Gasteiger partial charge in [0.05, 0.1) is 13.1 Å². The van der Waals surface area contributed by atoms with Gasteiger partial charge in [-0.15, -0.1) is 0 Å². The van der Waals surface area contributed by atoms with E-state index >= 15 is 0 Å². The predicted octanol–water partition coefficient (Wildman–Crippen LogP) is 0.993. The Balaban J connectivity index is 1.70. The van der Waals surface area contributed by atoms with Crippen molar-refractivity contribution in [2.75, 3.05) is 18.5 Å². The molecule has 2 heterocycles. The first kappa shape index (κ1) is 17.1. The smallest absolute Gasteiger partial charge is 0.245 e. The Morgan fingerprint density at radius 1 is 1.20 bits per heavy atom. The minimum Gasteiger partial charge on any atom is -0.384 e. The average Bonchev–Trinajstić information content (AvgIpc) is 3.22. The molecule has 1 atom stereocenters. The fraction of sp³-hybridized carbons (Fsp3) is 0.412. The highest BCUT2D eigenvalue weighted by Gasteiger charge is 2.26. The van der Waals surface area contributed by atoms with Crippen molar-refractivity contribution in [1.29, 1.82) is 0 Å². The highest BCUT2D eigenvalue weighted by atomic mass is 16.3. The molecule has 0 radical (unpaired) electrons. The average molecular weight is 341 g/mol. The highest BCUT2D eigenvalue weighted by Crippen LogP contribution is 2.23. The van der Waals surface area contributed by atoms with Gasteiger partial charge in [0.15, 0.2) is 0 Å². The summed E-state index contributed by atoms with van der Waals surface area (Å²) in [6, 6.07) is 11.6. The van der Waals surface area contributed by atoms with Gasteiger partial charge in [0.25, 0.3) is 0 Å². The summed E-state index contributed by atoms with van der Waals surface area (Å²) in [5.74, 6) is 0.623. The first-order chi connectivity index (χ1) is 12.0. The third kappa shape index (κ3) is 3.85. The minimum atomic E-state index is -1.01. The van der Waals surface area contributed by atoms with Crippen LogP contribution in [0, 0.1) is 0 Å². The monoisotopic (exact) mass is 341 g/mol. The van der Waals surface area contributed by atoms with Crippen LogP contribution in [0.3, 0.4) is 0 Å². The number of aromatic nitrogens is 6. The number of benzene rings is 1. The summed E-state index contributed by atoms with van der Waals surface area (Å²) in [5, 5.41) is 27.0. The molecule has 2 aromatic heterocycles. The summed E-state index contributed by atoms with van der Waals surface area (Å²) < 4.78 is 3.59. The first-order valence-electron chi connectivity index (χ1n) is 8.19. The molecule has 132 valence electrons. The van der Waals surface area contributed by atoms with Crippen LogP contribution in [-0.2, 0) is 25.6 Å². The third-order valence-corrected chi connectivity index (χ3v) is 4.30. The van der Waals surface area contributed by atoms with E-state index in [2.05, 4.69) is 20.6 Å². The lowest BCUT2D eigenvalue weighted by atomic mass is 9.96. The molecule has 0 aliphatic heterocycles. The van der Waals surface area contributed by atoms with Gasteiger partial charge >= 0.3 is 0 Å². The van der Waals surface area contributed by atoms with Crippen molar-refractivity contribution in [3.8, 4) is 0 Å². The first-order valence-corrected chi connectivity index (χ1v) is 8.19. The normalized spacial score (nSPS) is 13.6. The number of hydrogen-bond donors (Lipinski definition) is 1. The number of aliphatic hydroxyl groups is 1. The second-order valence-corrected chi connectivity index (χ2v) is 6.39. The van der Waals surface area contributed by atoms with Gasteiger partial charge < -0.3 is 10.0 Å². The SMILES string of the molecule is CN(CC(C)(O)c1ccccc1)c1nnnn1CCc1ccnn1C. The Labute approximate surface area is 146 Å². The minimum absolute atomic E-state index is 0.378. The lowest BCUT2D eigenvalue weighted by Gasteiger charge is -2.29. The molecule has 1 unspecified atom stereocenters. The van der Waals surface area contributed by atoms with E-state index < -0.39 is 5.60 Å². The van der Waals surface area contributed by atoms with Crippen LogP contribution in [0.15, 0.2) is 42.6 Å². The molecule has 0 fully saturated rings. The molecule has 8 nitrogen and oxygen atoms in total. The standard InChI is InChI=1S/C17H23N7O/c1-17(25,14-7-5-4-6-8-14)13-22(2)16-19-20-21-24(16)12-10-15-9-11-18-23(15)3/h4-9,11,25H,10,12-13H2,1-3H3. The van der Waals surface area contributed by atoms with Crippen molar-refractivity contribution in [1.82, 2.24) is 30.0 Å². The molecule has 3 aromatic rings. The van der Waals surface area contributed by atoms with Gasteiger partial charge in [-0.25, -0.2) is 4.68 Å². The van der Waals surface area contributed by atoms with Gasteiger partial charge in [0, 0.05) is 32.4 Å². The Morgan fingerprint density at radius 3 is 2.64 bits per heavy atom. The largest absolute Gasteiger partial charge is 0.384 e. The van der Waals surface area contributed by atoms with Crippen molar-refractivity contribution >= 4 is 5.95 Å². The second-order valence-electron chi connectivity index (χ2n) is 6.39. The van der Waals surface area contributed by atoms with Gasteiger partial charge in [-0.1, -0.05) is 35.4 Å². The molecule has 0 saturated carbocycles.